The predicted octanol–water partition coefficient (Wildman–Crippen LogP) is 1.31. The van der Waals surface area contributed by atoms with E-state index < -0.39 is 0 Å². The molecule has 3 N–H and O–H groups in total. The van der Waals surface area contributed by atoms with Crippen LogP contribution in [0.3, 0.4) is 0 Å². The lowest BCUT2D eigenvalue weighted by Crippen LogP contribution is -2.23. The van der Waals surface area contributed by atoms with Crippen LogP contribution in [0.4, 0.5) is 5.69 Å². The Balaban J connectivity index is 2.26. The van der Waals surface area contributed by atoms with E-state index in [0.29, 0.717) is 31.9 Å². The molecule has 0 unspecified atom stereocenters. The average Bonchev–Trinajstić information content (AvgIpc) is 2.27. The van der Waals surface area contributed by atoms with Crippen molar-refractivity contribution in [2.24, 2.45) is 0 Å². The van der Waals surface area contributed by atoms with E-state index in [2.05, 4.69) is 5.32 Å². The fourth-order valence-corrected chi connectivity index (χ4v) is 1.30. The molecule has 0 saturated carbocycles. The SMILES string of the molecule is CCOCCC(=O)NCc1cccc(N)c1. The molecule has 0 aliphatic carbocycles. The molecule has 1 aromatic rings. The highest BCUT2D eigenvalue weighted by atomic mass is 16.5. The van der Waals surface area contributed by atoms with Gasteiger partial charge in [-0.1, -0.05) is 12.1 Å². The van der Waals surface area contributed by atoms with E-state index in [1.54, 1.807) is 0 Å². The maximum Gasteiger partial charge on any atom is 0.222 e. The number of amides is 1. The van der Waals surface area contributed by atoms with Gasteiger partial charge in [0, 0.05) is 25.3 Å². The molecule has 0 fully saturated rings. The monoisotopic (exact) mass is 222 g/mol. The number of nitrogens with one attached hydrogen (secondary N) is 1. The number of anilines is 1. The van der Waals surface area contributed by atoms with Gasteiger partial charge < -0.3 is 15.8 Å². The molecule has 0 aromatic heterocycles. The average molecular weight is 222 g/mol. The molecule has 0 aliphatic rings. The zero-order valence-electron chi connectivity index (χ0n) is 9.53. The molecule has 0 atom stereocenters. The summed E-state index contributed by atoms with van der Waals surface area (Å²) in [5.41, 5.74) is 7.34. The fourth-order valence-electron chi connectivity index (χ4n) is 1.30. The molecule has 0 saturated heterocycles. The molecule has 1 amide bonds. The van der Waals surface area contributed by atoms with Crippen LogP contribution in [0.15, 0.2) is 24.3 Å². The number of nitrogen functional groups attached to an aromatic ring is 1. The van der Waals surface area contributed by atoms with Gasteiger partial charge in [-0.25, -0.2) is 0 Å². The van der Waals surface area contributed by atoms with E-state index in [0.717, 1.165) is 5.56 Å². The normalized spacial score (nSPS) is 10.1. The summed E-state index contributed by atoms with van der Waals surface area (Å²) in [6.07, 6.45) is 0.399. The van der Waals surface area contributed by atoms with Crippen LogP contribution in [-0.2, 0) is 16.1 Å². The van der Waals surface area contributed by atoms with Crippen LogP contribution < -0.4 is 11.1 Å². The van der Waals surface area contributed by atoms with E-state index >= 15 is 0 Å². The summed E-state index contributed by atoms with van der Waals surface area (Å²) in [4.78, 5) is 11.4. The third-order valence-corrected chi connectivity index (χ3v) is 2.12. The van der Waals surface area contributed by atoms with Crippen LogP contribution in [0.1, 0.15) is 18.9 Å². The third-order valence-electron chi connectivity index (χ3n) is 2.12. The highest BCUT2D eigenvalue weighted by Gasteiger charge is 2.00. The summed E-state index contributed by atoms with van der Waals surface area (Å²) in [6, 6.07) is 7.47. The zero-order chi connectivity index (χ0) is 11.8. The standard InChI is InChI=1S/C12H18N2O2/c1-2-16-7-6-12(15)14-9-10-4-3-5-11(13)8-10/h3-5,8H,2,6-7,9,13H2,1H3,(H,14,15). The Morgan fingerprint density at radius 2 is 2.31 bits per heavy atom. The molecule has 0 aliphatic heterocycles. The Hall–Kier alpha value is -1.55. The number of carbonyl (C=O) groups excluding carboxylic acids is 1. The number of hydrogen-bond donors (Lipinski definition) is 2. The Kier molecular flexibility index (Phi) is 5.36. The smallest absolute Gasteiger partial charge is 0.222 e. The largest absolute Gasteiger partial charge is 0.399 e. The molecule has 0 spiro atoms. The molecular formula is C12H18N2O2. The van der Waals surface area contributed by atoms with Crippen LogP contribution in [0.25, 0.3) is 0 Å². The molecule has 0 bridgehead atoms. The summed E-state index contributed by atoms with van der Waals surface area (Å²) in [6.45, 7) is 3.53. The maximum absolute atomic E-state index is 11.4. The highest BCUT2D eigenvalue weighted by Crippen LogP contribution is 2.05. The lowest BCUT2D eigenvalue weighted by Gasteiger charge is -2.06. The maximum atomic E-state index is 11.4. The second-order valence-electron chi connectivity index (χ2n) is 3.47. The van der Waals surface area contributed by atoms with E-state index in [1.165, 1.54) is 0 Å². The van der Waals surface area contributed by atoms with Crippen molar-refractivity contribution in [2.45, 2.75) is 19.9 Å². The van der Waals surface area contributed by atoms with Crippen molar-refractivity contribution in [3.63, 3.8) is 0 Å². The molecule has 1 aromatic carbocycles. The summed E-state index contributed by atoms with van der Waals surface area (Å²) in [5.74, 6) is -0.00382. The second-order valence-corrected chi connectivity index (χ2v) is 3.47. The van der Waals surface area contributed by atoms with Gasteiger partial charge >= 0.3 is 0 Å². The van der Waals surface area contributed by atoms with Crippen LogP contribution in [0, 0.1) is 0 Å². The molecule has 88 valence electrons. The van der Waals surface area contributed by atoms with E-state index in [1.807, 2.05) is 31.2 Å². The van der Waals surface area contributed by atoms with Crippen LogP contribution >= 0.6 is 0 Å². The molecular weight excluding hydrogens is 204 g/mol. The summed E-state index contributed by atoms with van der Waals surface area (Å²) in [7, 11) is 0. The number of benzene rings is 1. The van der Waals surface area contributed by atoms with Crippen molar-refractivity contribution in [3.8, 4) is 0 Å². The highest BCUT2D eigenvalue weighted by molar-refractivity contribution is 5.75. The van der Waals surface area contributed by atoms with Gasteiger partial charge in [0.05, 0.1) is 6.61 Å². The topological polar surface area (TPSA) is 64.3 Å². The van der Waals surface area contributed by atoms with Crippen molar-refractivity contribution in [3.05, 3.63) is 29.8 Å². The van der Waals surface area contributed by atoms with E-state index in [4.69, 9.17) is 10.5 Å². The van der Waals surface area contributed by atoms with Gasteiger partial charge in [0.2, 0.25) is 5.91 Å². The number of nitrogens with two attached hydrogens (primary N) is 1. The van der Waals surface area contributed by atoms with Gasteiger partial charge in [0.15, 0.2) is 0 Å². The Labute approximate surface area is 95.8 Å². The summed E-state index contributed by atoms with van der Waals surface area (Å²) >= 11 is 0. The first-order chi connectivity index (χ1) is 7.72. The van der Waals surface area contributed by atoms with Crippen LogP contribution in [0.2, 0.25) is 0 Å². The predicted molar refractivity (Wildman–Crippen MR) is 63.8 cm³/mol. The number of hydrogen-bond acceptors (Lipinski definition) is 3. The third kappa shape index (κ3) is 4.79. The first-order valence-electron chi connectivity index (χ1n) is 5.41. The number of carbonyl (C=O) groups is 1. The fraction of sp³-hybridized carbons (Fsp3) is 0.417. The van der Waals surface area contributed by atoms with Crippen molar-refractivity contribution in [1.29, 1.82) is 0 Å². The minimum absolute atomic E-state index is 0.00382. The Morgan fingerprint density at radius 1 is 1.50 bits per heavy atom. The second kappa shape index (κ2) is 6.85. The lowest BCUT2D eigenvalue weighted by molar-refractivity contribution is -0.122. The Morgan fingerprint density at radius 3 is 3.00 bits per heavy atom. The zero-order valence-corrected chi connectivity index (χ0v) is 9.53. The van der Waals surface area contributed by atoms with Crippen molar-refractivity contribution in [2.75, 3.05) is 18.9 Å². The quantitative estimate of drug-likeness (QED) is 0.563. The van der Waals surface area contributed by atoms with Crippen LogP contribution in [0.5, 0.6) is 0 Å². The molecule has 16 heavy (non-hydrogen) atoms. The van der Waals surface area contributed by atoms with Gasteiger partial charge in [0.25, 0.3) is 0 Å². The molecule has 1 rings (SSSR count). The summed E-state index contributed by atoms with van der Waals surface area (Å²) in [5, 5.41) is 2.81. The van der Waals surface area contributed by atoms with E-state index in [-0.39, 0.29) is 5.91 Å². The van der Waals surface area contributed by atoms with Gasteiger partial charge in [-0.05, 0) is 24.6 Å². The van der Waals surface area contributed by atoms with Crippen LogP contribution in [-0.4, -0.2) is 19.1 Å². The van der Waals surface area contributed by atoms with Crippen molar-refractivity contribution in [1.82, 2.24) is 5.32 Å². The Bertz CT molecular complexity index is 340. The minimum Gasteiger partial charge on any atom is -0.399 e. The molecule has 4 nitrogen and oxygen atoms in total. The van der Waals surface area contributed by atoms with Gasteiger partial charge in [-0.15, -0.1) is 0 Å². The van der Waals surface area contributed by atoms with Gasteiger partial charge in [-0.2, -0.15) is 0 Å². The first kappa shape index (κ1) is 12.5. The first-order valence-corrected chi connectivity index (χ1v) is 5.41. The lowest BCUT2D eigenvalue weighted by atomic mass is 10.2. The van der Waals surface area contributed by atoms with Crippen molar-refractivity contribution >= 4 is 11.6 Å². The van der Waals surface area contributed by atoms with Crippen molar-refractivity contribution < 1.29 is 9.53 Å². The number of rotatable bonds is 6. The van der Waals surface area contributed by atoms with E-state index in [9.17, 15) is 4.79 Å². The van der Waals surface area contributed by atoms with Gasteiger partial charge in [0.1, 0.15) is 0 Å². The summed E-state index contributed by atoms with van der Waals surface area (Å²) < 4.78 is 5.09. The molecule has 4 heteroatoms. The van der Waals surface area contributed by atoms with Gasteiger partial charge in [-0.3, -0.25) is 4.79 Å². The molecule has 0 radical (unpaired) electrons. The minimum atomic E-state index is -0.00382. The molecule has 0 heterocycles. The number of ether oxygens (including phenoxy) is 1.